The largest absolute Gasteiger partial charge is 0.480 e. The van der Waals surface area contributed by atoms with Crippen molar-refractivity contribution >= 4 is 11.9 Å². The van der Waals surface area contributed by atoms with Crippen LogP contribution in [-0.2, 0) is 14.3 Å². The number of hydrogen-bond donors (Lipinski definition) is 2. The fourth-order valence-corrected chi connectivity index (χ4v) is 1.96. The van der Waals surface area contributed by atoms with Gasteiger partial charge in [0.25, 0.3) is 0 Å². The van der Waals surface area contributed by atoms with Gasteiger partial charge >= 0.3 is 5.97 Å². The third-order valence-corrected chi connectivity index (χ3v) is 2.66. The van der Waals surface area contributed by atoms with E-state index in [4.69, 9.17) is 15.6 Å². The number of carbonyl (C=O) groups excluding carboxylic acids is 1. The number of nitrogens with zero attached hydrogens (tertiary/aromatic N) is 1. The van der Waals surface area contributed by atoms with E-state index in [9.17, 15) is 9.59 Å². The average molecular weight is 200 g/mol. The number of hydrogen-bond acceptors (Lipinski definition) is 4. The first-order valence-corrected chi connectivity index (χ1v) is 4.53. The summed E-state index contributed by atoms with van der Waals surface area (Å²) < 4.78 is 5.28. The van der Waals surface area contributed by atoms with Crippen molar-refractivity contribution in [2.24, 2.45) is 5.73 Å². The number of nitrogens with two attached hydrogens (primary N) is 1. The quantitative estimate of drug-likeness (QED) is 0.551. The Morgan fingerprint density at radius 2 is 2.29 bits per heavy atom. The van der Waals surface area contributed by atoms with Crippen LogP contribution in [0.3, 0.4) is 0 Å². The summed E-state index contributed by atoms with van der Waals surface area (Å²) in [6, 6.07) is -1.48. The van der Waals surface area contributed by atoms with Crippen LogP contribution in [-0.4, -0.2) is 46.8 Å². The average Bonchev–Trinajstić information content (AvgIpc) is 2.55. The third kappa shape index (κ3) is 1.27. The zero-order chi connectivity index (χ0) is 10.3. The first-order chi connectivity index (χ1) is 6.61. The molecule has 2 saturated heterocycles. The molecule has 78 valence electrons. The van der Waals surface area contributed by atoms with Gasteiger partial charge in [0.05, 0.1) is 6.61 Å². The van der Waals surface area contributed by atoms with E-state index in [1.54, 1.807) is 0 Å². The summed E-state index contributed by atoms with van der Waals surface area (Å²) in [5.41, 5.74) is 5.49. The molecule has 1 amide bonds. The highest BCUT2D eigenvalue weighted by Crippen LogP contribution is 2.28. The van der Waals surface area contributed by atoms with Crippen LogP contribution in [0.15, 0.2) is 0 Å². The van der Waals surface area contributed by atoms with Gasteiger partial charge in [-0.3, -0.25) is 4.79 Å². The van der Waals surface area contributed by atoms with Crippen molar-refractivity contribution in [2.75, 3.05) is 6.61 Å². The normalized spacial score (nSPS) is 37.1. The lowest BCUT2D eigenvalue weighted by molar-refractivity contribution is -0.168. The van der Waals surface area contributed by atoms with Crippen molar-refractivity contribution < 1.29 is 19.4 Å². The van der Waals surface area contributed by atoms with Crippen LogP contribution in [0, 0.1) is 0 Å². The minimum Gasteiger partial charge on any atom is -0.480 e. The Kier molecular flexibility index (Phi) is 2.16. The number of amides is 1. The molecule has 6 heteroatoms. The summed E-state index contributed by atoms with van der Waals surface area (Å²) >= 11 is 0. The first kappa shape index (κ1) is 9.42. The lowest BCUT2D eigenvalue weighted by atomic mass is 10.2. The van der Waals surface area contributed by atoms with E-state index in [1.165, 1.54) is 4.90 Å². The van der Waals surface area contributed by atoms with E-state index < -0.39 is 18.1 Å². The predicted octanol–water partition coefficient (Wildman–Crippen LogP) is -1.25. The van der Waals surface area contributed by atoms with Crippen molar-refractivity contribution in [3.05, 3.63) is 0 Å². The molecule has 0 aromatic carbocycles. The number of fused-ring (bicyclic) bond motifs is 1. The maximum atomic E-state index is 11.6. The molecular formula is C8H12N2O4. The maximum absolute atomic E-state index is 11.6. The van der Waals surface area contributed by atoms with E-state index >= 15 is 0 Å². The van der Waals surface area contributed by atoms with E-state index in [0.717, 1.165) is 0 Å². The molecule has 0 saturated carbocycles. The second kappa shape index (κ2) is 3.21. The molecule has 0 aromatic rings. The summed E-state index contributed by atoms with van der Waals surface area (Å²) in [6.45, 7) is 0.187. The molecule has 0 radical (unpaired) electrons. The zero-order valence-corrected chi connectivity index (χ0v) is 7.55. The van der Waals surface area contributed by atoms with E-state index in [2.05, 4.69) is 0 Å². The fraction of sp³-hybridized carbons (Fsp3) is 0.750. The predicted molar refractivity (Wildman–Crippen MR) is 45.2 cm³/mol. The molecule has 6 nitrogen and oxygen atoms in total. The minimum absolute atomic E-state index is 0.187. The summed E-state index contributed by atoms with van der Waals surface area (Å²) in [5, 5.41) is 8.87. The standard InChI is InChI=1S/C8H12N2O4/c9-4-3-14-6-2-1-5(8(12)13)10(6)7(4)11/h4-6H,1-3,9H2,(H,12,13). The van der Waals surface area contributed by atoms with Crippen LogP contribution in [0.25, 0.3) is 0 Å². The van der Waals surface area contributed by atoms with E-state index in [0.29, 0.717) is 12.8 Å². The Morgan fingerprint density at radius 3 is 2.93 bits per heavy atom. The highest BCUT2D eigenvalue weighted by molar-refractivity contribution is 5.88. The van der Waals surface area contributed by atoms with Crippen LogP contribution in [0.2, 0.25) is 0 Å². The van der Waals surface area contributed by atoms with Gasteiger partial charge in [0.15, 0.2) is 0 Å². The Labute approximate surface area is 80.6 Å². The summed E-state index contributed by atoms with van der Waals surface area (Å²) in [6.07, 6.45) is 0.636. The van der Waals surface area contributed by atoms with Crippen molar-refractivity contribution in [2.45, 2.75) is 31.2 Å². The maximum Gasteiger partial charge on any atom is 0.326 e. The molecule has 0 spiro atoms. The van der Waals surface area contributed by atoms with Crippen LogP contribution in [0.5, 0.6) is 0 Å². The second-order valence-electron chi connectivity index (χ2n) is 3.57. The lowest BCUT2D eigenvalue weighted by Crippen LogP contribution is -2.58. The van der Waals surface area contributed by atoms with Gasteiger partial charge in [-0.05, 0) is 12.8 Å². The van der Waals surface area contributed by atoms with Gasteiger partial charge < -0.3 is 20.5 Å². The van der Waals surface area contributed by atoms with Crippen molar-refractivity contribution in [1.82, 2.24) is 4.90 Å². The Morgan fingerprint density at radius 1 is 1.57 bits per heavy atom. The molecule has 0 aliphatic carbocycles. The van der Waals surface area contributed by atoms with Gasteiger partial charge in [-0.25, -0.2) is 4.79 Å². The van der Waals surface area contributed by atoms with E-state index in [-0.39, 0.29) is 18.7 Å². The smallest absolute Gasteiger partial charge is 0.326 e. The van der Waals surface area contributed by atoms with Gasteiger partial charge in [-0.1, -0.05) is 0 Å². The lowest BCUT2D eigenvalue weighted by Gasteiger charge is -2.35. The second-order valence-corrected chi connectivity index (χ2v) is 3.57. The molecule has 2 heterocycles. The van der Waals surface area contributed by atoms with Crippen LogP contribution >= 0.6 is 0 Å². The van der Waals surface area contributed by atoms with Crippen molar-refractivity contribution in [3.8, 4) is 0 Å². The number of rotatable bonds is 1. The molecule has 2 aliphatic heterocycles. The molecule has 2 rings (SSSR count). The van der Waals surface area contributed by atoms with Gasteiger partial charge in [0.2, 0.25) is 5.91 Å². The van der Waals surface area contributed by atoms with Gasteiger partial charge in [0.1, 0.15) is 18.3 Å². The van der Waals surface area contributed by atoms with Gasteiger partial charge in [-0.15, -0.1) is 0 Å². The highest BCUT2D eigenvalue weighted by atomic mass is 16.5. The van der Waals surface area contributed by atoms with Crippen LogP contribution < -0.4 is 5.73 Å². The van der Waals surface area contributed by atoms with Crippen molar-refractivity contribution in [1.29, 1.82) is 0 Å². The van der Waals surface area contributed by atoms with Crippen LogP contribution in [0.1, 0.15) is 12.8 Å². The summed E-state index contributed by atoms with van der Waals surface area (Å²) in [7, 11) is 0. The number of aliphatic carboxylic acids is 1. The first-order valence-electron chi connectivity index (χ1n) is 4.53. The van der Waals surface area contributed by atoms with Gasteiger partial charge in [-0.2, -0.15) is 0 Å². The molecular weight excluding hydrogens is 188 g/mol. The van der Waals surface area contributed by atoms with Crippen molar-refractivity contribution in [3.63, 3.8) is 0 Å². The number of carbonyl (C=O) groups is 2. The number of carboxylic acids is 1. The Hall–Kier alpha value is -1.14. The van der Waals surface area contributed by atoms with E-state index in [1.807, 2.05) is 0 Å². The number of carboxylic acid groups (broad SMARTS) is 1. The molecule has 3 unspecified atom stereocenters. The molecule has 0 aromatic heterocycles. The molecule has 0 bridgehead atoms. The van der Waals surface area contributed by atoms with Crippen LogP contribution in [0.4, 0.5) is 0 Å². The molecule has 2 fully saturated rings. The Bertz CT molecular complexity index is 281. The minimum atomic E-state index is -0.987. The van der Waals surface area contributed by atoms with Gasteiger partial charge in [0, 0.05) is 0 Å². The summed E-state index contributed by atoms with van der Waals surface area (Å²) in [5.74, 6) is -1.30. The molecule has 2 aliphatic rings. The number of ether oxygens (including phenoxy) is 1. The molecule has 3 atom stereocenters. The molecule has 3 N–H and O–H groups in total. The monoisotopic (exact) mass is 200 g/mol. The highest BCUT2D eigenvalue weighted by Gasteiger charge is 2.45. The fourth-order valence-electron chi connectivity index (χ4n) is 1.96. The topological polar surface area (TPSA) is 92.9 Å². The third-order valence-electron chi connectivity index (χ3n) is 2.66. The SMILES string of the molecule is NC1COC2CCC(C(=O)O)N2C1=O. The summed E-state index contributed by atoms with van der Waals surface area (Å²) in [4.78, 5) is 23.7. The molecule has 14 heavy (non-hydrogen) atoms. The Balaban J connectivity index is 2.20. The zero-order valence-electron chi connectivity index (χ0n) is 7.55.